The van der Waals surface area contributed by atoms with Crippen molar-refractivity contribution in [3.63, 3.8) is 0 Å². The Balaban J connectivity index is 0.00000300. The van der Waals surface area contributed by atoms with E-state index in [2.05, 4.69) is 36.3 Å². The zero-order valence-electron chi connectivity index (χ0n) is 18.0. The van der Waals surface area contributed by atoms with E-state index in [0.29, 0.717) is 5.92 Å². The summed E-state index contributed by atoms with van der Waals surface area (Å²) in [6, 6.07) is 8.47. The van der Waals surface area contributed by atoms with Gasteiger partial charge in [0.1, 0.15) is 5.75 Å². The number of aliphatic imine (C=N–C) groups is 1. The molecule has 0 aliphatic carbocycles. The summed E-state index contributed by atoms with van der Waals surface area (Å²) in [6.07, 6.45) is 3.11. The highest BCUT2D eigenvalue weighted by Gasteiger charge is 2.34. The molecule has 1 atom stereocenters. The Morgan fingerprint density at radius 1 is 1.21 bits per heavy atom. The molecule has 1 aromatic carbocycles. The number of methoxy groups -OCH3 is 1. The van der Waals surface area contributed by atoms with Crippen LogP contribution in [0.5, 0.6) is 5.75 Å². The fourth-order valence-electron chi connectivity index (χ4n) is 4.14. The number of rotatable bonds is 7. The molecule has 0 aromatic heterocycles. The Hall–Kier alpha value is -1.06. The molecular weight excluding hydrogens is 481 g/mol. The number of nitrogens with zero attached hydrogens (tertiary/aromatic N) is 2. The first kappa shape index (κ1) is 24.2. The van der Waals surface area contributed by atoms with Crippen LogP contribution in [0.1, 0.15) is 31.7 Å². The molecule has 1 aromatic rings. The van der Waals surface area contributed by atoms with Crippen molar-refractivity contribution in [3.8, 4) is 5.75 Å². The van der Waals surface area contributed by atoms with E-state index in [4.69, 9.17) is 19.2 Å². The smallest absolute Gasteiger partial charge is 0.193 e. The zero-order chi connectivity index (χ0) is 19.8. The Labute approximate surface area is 192 Å². The Morgan fingerprint density at radius 2 is 1.93 bits per heavy atom. The number of nitrogens with one attached hydrogen (secondary N) is 1. The van der Waals surface area contributed by atoms with Crippen molar-refractivity contribution in [1.82, 2.24) is 10.2 Å². The van der Waals surface area contributed by atoms with Gasteiger partial charge in [-0.15, -0.1) is 24.0 Å². The first-order valence-corrected chi connectivity index (χ1v) is 10.5. The van der Waals surface area contributed by atoms with Crippen LogP contribution in [0, 0.1) is 5.92 Å². The predicted octanol–water partition coefficient (Wildman–Crippen LogP) is 3.30. The maximum atomic E-state index is 5.67. The van der Waals surface area contributed by atoms with Gasteiger partial charge in [-0.1, -0.05) is 12.1 Å². The van der Waals surface area contributed by atoms with Gasteiger partial charge in [0, 0.05) is 51.3 Å². The van der Waals surface area contributed by atoms with Crippen LogP contribution in [0.25, 0.3) is 0 Å². The van der Waals surface area contributed by atoms with E-state index in [1.807, 2.05) is 12.1 Å². The molecule has 164 valence electrons. The number of halogens is 1. The lowest BCUT2D eigenvalue weighted by molar-refractivity contribution is 0.0530. The molecule has 2 aliphatic heterocycles. The van der Waals surface area contributed by atoms with Crippen molar-refractivity contribution in [2.45, 2.75) is 31.6 Å². The molecule has 29 heavy (non-hydrogen) atoms. The molecule has 3 rings (SSSR count). The lowest BCUT2D eigenvalue weighted by atomic mass is 9.74. The minimum atomic E-state index is 0. The van der Waals surface area contributed by atoms with E-state index in [1.165, 1.54) is 5.56 Å². The molecule has 2 fully saturated rings. The van der Waals surface area contributed by atoms with E-state index in [-0.39, 0.29) is 29.4 Å². The average molecular weight is 517 g/mol. The quantitative estimate of drug-likeness (QED) is 0.342. The molecule has 0 radical (unpaired) electrons. The van der Waals surface area contributed by atoms with Crippen LogP contribution in [0.15, 0.2) is 29.3 Å². The fourth-order valence-corrected chi connectivity index (χ4v) is 4.14. The molecule has 2 saturated heterocycles. The minimum Gasteiger partial charge on any atom is -0.497 e. The van der Waals surface area contributed by atoms with Crippen LogP contribution in [0.3, 0.4) is 0 Å². The van der Waals surface area contributed by atoms with Crippen molar-refractivity contribution >= 4 is 29.9 Å². The third-order valence-corrected chi connectivity index (χ3v) is 5.94. The maximum Gasteiger partial charge on any atom is 0.193 e. The van der Waals surface area contributed by atoms with E-state index >= 15 is 0 Å². The summed E-state index contributed by atoms with van der Waals surface area (Å²) in [7, 11) is 3.83. The average Bonchev–Trinajstić information content (AvgIpc) is 3.25. The summed E-state index contributed by atoms with van der Waals surface area (Å²) in [5.74, 6) is 2.46. The zero-order valence-corrected chi connectivity index (χ0v) is 20.3. The Kier molecular flexibility index (Phi) is 9.98. The van der Waals surface area contributed by atoms with Crippen molar-refractivity contribution < 1.29 is 14.2 Å². The third kappa shape index (κ3) is 6.46. The molecule has 1 unspecified atom stereocenters. The molecule has 7 heteroatoms. The molecule has 6 nitrogen and oxygen atoms in total. The monoisotopic (exact) mass is 517 g/mol. The summed E-state index contributed by atoms with van der Waals surface area (Å²) < 4.78 is 16.5. The SMILES string of the molecule is CCNC(=NCC1(c2ccc(OC)cc2)CCOCC1)N(C)CC1CCOC1.I. The lowest BCUT2D eigenvalue weighted by Gasteiger charge is -2.37. The molecule has 0 spiro atoms. The molecule has 1 N–H and O–H groups in total. The standard InChI is InChI=1S/C22H35N3O3.HI/c1-4-23-21(25(2)15-18-9-12-28-16-18)24-17-22(10-13-27-14-11-22)19-5-7-20(26-3)8-6-19;/h5-8,18H,4,9-17H2,1-3H3,(H,23,24);1H. The molecule has 0 saturated carbocycles. The maximum absolute atomic E-state index is 5.67. The van der Waals surface area contributed by atoms with Crippen LogP contribution in [0.2, 0.25) is 0 Å². The van der Waals surface area contributed by atoms with Crippen LogP contribution in [-0.2, 0) is 14.9 Å². The van der Waals surface area contributed by atoms with Gasteiger partial charge in [0.25, 0.3) is 0 Å². The van der Waals surface area contributed by atoms with Crippen LogP contribution in [0.4, 0.5) is 0 Å². The minimum absolute atomic E-state index is 0. The molecule has 0 bridgehead atoms. The molecular formula is C22H36IN3O3. The highest BCUT2D eigenvalue weighted by Crippen LogP contribution is 2.36. The first-order valence-electron chi connectivity index (χ1n) is 10.5. The number of hydrogen-bond acceptors (Lipinski definition) is 4. The normalized spacial score (nSPS) is 21.3. The molecule has 0 amide bonds. The second-order valence-electron chi connectivity index (χ2n) is 7.90. The summed E-state index contributed by atoms with van der Waals surface area (Å²) in [6.45, 7) is 8.03. The third-order valence-electron chi connectivity index (χ3n) is 5.94. The van der Waals surface area contributed by atoms with Gasteiger partial charge in [0.2, 0.25) is 0 Å². The second-order valence-corrected chi connectivity index (χ2v) is 7.90. The van der Waals surface area contributed by atoms with Gasteiger partial charge in [-0.25, -0.2) is 0 Å². The number of ether oxygens (including phenoxy) is 3. The topological polar surface area (TPSA) is 55.3 Å². The number of benzene rings is 1. The summed E-state index contributed by atoms with van der Waals surface area (Å²) in [5, 5.41) is 3.47. The van der Waals surface area contributed by atoms with Crippen molar-refractivity contribution in [2.75, 3.05) is 60.2 Å². The van der Waals surface area contributed by atoms with E-state index < -0.39 is 0 Å². The second kappa shape index (κ2) is 12.0. The van der Waals surface area contributed by atoms with Crippen LogP contribution >= 0.6 is 24.0 Å². The molecule has 2 heterocycles. The van der Waals surface area contributed by atoms with E-state index in [1.54, 1.807) is 7.11 Å². The summed E-state index contributed by atoms with van der Waals surface area (Å²) in [4.78, 5) is 7.33. The van der Waals surface area contributed by atoms with E-state index in [9.17, 15) is 0 Å². The highest BCUT2D eigenvalue weighted by molar-refractivity contribution is 14.0. The van der Waals surface area contributed by atoms with Gasteiger partial charge in [0.15, 0.2) is 5.96 Å². The Bertz CT molecular complexity index is 627. The van der Waals surface area contributed by atoms with Gasteiger partial charge in [0.05, 0.1) is 20.3 Å². The van der Waals surface area contributed by atoms with Crippen molar-refractivity contribution in [2.24, 2.45) is 10.9 Å². The predicted molar refractivity (Wildman–Crippen MR) is 128 cm³/mol. The number of guanidine groups is 1. The highest BCUT2D eigenvalue weighted by atomic mass is 127. The fraction of sp³-hybridized carbons (Fsp3) is 0.682. The summed E-state index contributed by atoms with van der Waals surface area (Å²) >= 11 is 0. The van der Waals surface area contributed by atoms with Gasteiger partial charge in [-0.2, -0.15) is 0 Å². The largest absolute Gasteiger partial charge is 0.497 e. The number of hydrogen-bond donors (Lipinski definition) is 1. The van der Waals surface area contributed by atoms with Gasteiger partial charge in [-0.3, -0.25) is 4.99 Å². The van der Waals surface area contributed by atoms with Crippen LogP contribution in [-0.4, -0.2) is 71.1 Å². The van der Waals surface area contributed by atoms with Crippen molar-refractivity contribution in [1.29, 1.82) is 0 Å². The Morgan fingerprint density at radius 3 is 2.52 bits per heavy atom. The lowest BCUT2D eigenvalue weighted by Crippen LogP contribution is -2.43. The van der Waals surface area contributed by atoms with Gasteiger partial charge < -0.3 is 24.4 Å². The van der Waals surface area contributed by atoms with Crippen LogP contribution < -0.4 is 10.1 Å². The first-order chi connectivity index (χ1) is 13.7. The summed E-state index contributed by atoms with van der Waals surface area (Å²) in [5.41, 5.74) is 1.34. The molecule has 2 aliphatic rings. The van der Waals surface area contributed by atoms with Gasteiger partial charge >= 0.3 is 0 Å². The van der Waals surface area contributed by atoms with E-state index in [0.717, 1.165) is 77.0 Å². The van der Waals surface area contributed by atoms with Gasteiger partial charge in [-0.05, 0) is 43.9 Å². The van der Waals surface area contributed by atoms with Crippen molar-refractivity contribution in [3.05, 3.63) is 29.8 Å².